The lowest BCUT2D eigenvalue weighted by Gasteiger charge is -2.16. The van der Waals surface area contributed by atoms with Gasteiger partial charge in [-0.05, 0) is 25.3 Å². The molecule has 0 bridgehead atoms. The summed E-state index contributed by atoms with van der Waals surface area (Å²) in [5, 5.41) is 10.2. The van der Waals surface area contributed by atoms with Crippen molar-refractivity contribution in [3.63, 3.8) is 0 Å². The van der Waals surface area contributed by atoms with Gasteiger partial charge < -0.3 is 4.57 Å². The zero-order valence-electron chi connectivity index (χ0n) is 15.1. The molecule has 1 aliphatic heterocycles. The molecule has 142 valence electrons. The Bertz CT molecular complexity index is 1180. The first-order valence-electron chi connectivity index (χ1n) is 9.00. The monoisotopic (exact) mass is 396 g/mol. The molecular formula is C19H17FN6OS. The van der Waals surface area contributed by atoms with Crippen LogP contribution in [0.5, 0.6) is 0 Å². The molecule has 4 heterocycles. The lowest BCUT2D eigenvalue weighted by atomic mass is 10.1. The second kappa shape index (κ2) is 6.52. The lowest BCUT2D eigenvalue weighted by molar-refractivity contribution is -0.118. The molecule has 1 atom stereocenters. The minimum absolute atomic E-state index is 0.253. The Balaban J connectivity index is 1.63. The number of nitrogens with zero attached hydrogens (tertiary/aromatic N) is 5. The third-order valence-corrected chi connectivity index (χ3v) is 5.74. The number of hydrogen-bond acceptors (Lipinski definition) is 5. The Hall–Kier alpha value is -3.07. The van der Waals surface area contributed by atoms with Crippen LogP contribution in [0.15, 0.2) is 36.2 Å². The van der Waals surface area contributed by atoms with Gasteiger partial charge in [0.1, 0.15) is 5.52 Å². The Kier molecular flexibility index (Phi) is 3.97. The second-order valence-electron chi connectivity index (χ2n) is 6.85. The van der Waals surface area contributed by atoms with Crippen molar-refractivity contribution in [1.29, 1.82) is 0 Å². The molecule has 7 nitrogen and oxygen atoms in total. The van der Waals surface area contributed by atoms with Gasteiger partial charge in [-0.2, -0.15) is 5.10 Å². The molecule has 1 amide bonds. The fourth-order valence-electron chi connectivity index (χ4n) is 3.67. The highest BCUT2D eigenvalue weighted by molar-refractivity contribution is 7.13. The summed E-state index contributed by atoms with van der Waals surface area (Å²) in [6.07, 6.45) is 6.95. The van der Waals surface area contributed by atoms with Gasteiger partial charge >= 0.3 is 0 Å². The summed E-state index contributed by atoms with van der Waals surface area (Å²) >= 11 is 1.34. The quantitative estimate of drug-likeness (QED) is 0.574. The molecule has 4 aromatic rings. The van der Waals surface area contributed by atoms with E-state index in [0.717, 1.165) is 25.1 Å². The van der Waals surface area contributed by atoms with Crippen molar-refractivity contribution in [2.75, 3.05) is 5.32 Å². The van der Waals surface area contributed by atoms with E-state index in [4.69, 9.17) is 0 Å². The Morgan fingerprint density at radius 2 is 2.25 bits per heavy atom. The standard InChI is InChI=1S/C19H17FN6OS/c1-11-4-5-12-9-26(24-15(12)14(11)20)17(18(27)23-19-21-6-8-28-19)16-13-3-2-7-25(13)10-22-16/h4-6,8-10,17H,2-3,7H2,1H3,(H,21,23,27). The van der Waals surface area contributed by atoms with Crippen molar-refractivity contribution in [3.8, 4) is 0 Å². The highest BCUT2D eigenvalue weighted by Gasteiger charge is 2.32. The van der Waals surface area contributed by atoms with Gasteiger partial charge in [0.15, 0.2) is 17.0 Å². The van der Waals surface area contributed by atoms with E-state index in [-0.39, 0.29) is 17.2 Å². The van der Waals surface area contributed by atoms with Gasteiger partial charge in [0.05, 0.1) is 12.0 Å². The molecular weight excluding hydrogens is 379 g/mol. The number of halogens is 1. The van der Waals surface area contributed by atoms with Gasteiger partial charge in [0, 0.05) is 35.4 Å². The van der Waals surface area contributed by atoms with Crippen LogP contribution in [0.4, 0.5) is 9.52 Å². The number of carbonyl (C=O) groups excluding carboxylic acids is 1. The molecule has 0 spiro atoms. The normalized spacial score (nSPS) is 14.4. The summed E-state index contributed by atoms with van der Waals surface area (Å²) in [5.74, 6) is -0.668. The van der Waals surface area contributed by atoms with Gasteiger partial charge in [-0.25, -0.2) is 14.4 Å². The van der Waals surface area contributed by atoms with Crippen LogP contribution < -0.4 is 5.32 Å². The molecule has 1 unspecified atom stereocenters. The largest absolute Gasteiger partial charge is 0.334 e. The van der Waals surface area contributed by atoms with E-state index in [1.165, 1.54) is 16.0 Å². The average molecular weight is 396 g/mol. The molecule has 5 rings (SSSR count). The molecule has 1 aromatic carbocycles. The lowest BCUT2D eigenvalue weighted by Crippen LogP contribution is -2.28. The number of carbonyl (C=O) groups is 1. The average Bonchev–Trinajstić information content (AvgIpc) is 3.44. The van der Waals surface area contributed by atoms with E-state index in [1.807, 2.05) is 6.07 Å². The molecule has 3 aromatic heterocycles. The first kappa shape index (κ1) is 17.1. The van der Waals surface area contributed by atoms with E-state index in [0.29, 0.717) is 21.8 Å². The van der Waals surface area contributed by atoms with Crippen LogP contribution in [0.3, 0.4) is 0 Å². The van der Waals surface area contributed by atoms with E-state index < -0.39 is 6.04 Å². The predicted octanol–water partition coefficient (Wildman–Crippen LogP) is 3.31. The minimum atomic E-state index is -0.801. The van der Waals surface area contributed by atoms with E-state index in [9.17, 15) is 9.18 Å². The van der Waals surface area contributed by atoms with Gasteiger partial charge in [-0.3, -0.25) is 14.8 Å². The summed E-state index contributed by atoms with van der Waals surface area (Å²) in [7, 11) is 0. The van der Waals surface area contributed by atoms with E-state index >= 15 is 0 Å². The number of nitrogens with one attached hydrogen (secondary N) is 1. The summed E-state index contributed by atoms with van der Waals surface area (Å²) < 4.78 is 18.1. The first-order valence-corrected chi connectivity index (χ1v) is 9.88. The minimum Gasteiger partial charge on any atom is -0.334 e. The van der Waals surface area contributed by atoms with Crippen molar-refractivity contribution < 1.29 is 9.18 Å². The summed E-state index contributed by atoms with van der Waals surface area (Å²) in [4.78, 5) is 21.8. The van der Waals surface area contributed by atoms with Crippen molar-refractivity contribution >= 4 is 33.3 Å². The zero-order valence-corrected chi connectivity index (χ0v) is 15.9. The van der Waals surface area contributed by atoms with E-state index in [1.54, 1.807) is 37.1 Å². The Morgan fingerprint density at radius 1 is 1.36 bits per heavy atom. The molecule has 28 heavy (non-hydrogen) atoms. The number of benzene rings is 1. The maximum atomic E-state index is 14.5. The molecule has 1 N–H and O–H groups in total. The number of fused-ring (bicyclic) bond motifs is 2. The molecule has 0 saturated heterocycles. The van der Waals surface area contributed by atoms with Gasteiger partial charge in [0.2, 0.25) is 0 Å². The van der Waals surface area contributed by atoms with Crippen LogP contribution in [0.1, 0.15) is 29.4 Å². The van der Waals surface area contributed by atoms with Crippen LogP contribution in [-0.2, 0) is 17.8 Å². The van der Waals surface area contributed by atoms with Gasteiger partial charge in [-0.15, -0.1) is 11.3 Å². The number of aryl methyl sites for hydroxylation is 2. The summed E-state index contributed by atoms with van der Waals surface area (Å²) in [6.45, 7) is 2.58. The number of imidazole rings is 1. The maximum Gasteiger partial charge on any atom is 0.257 e. The smallest absolute Gasteiger partial charge is 0.257 e. The first-order chi connectivity index (χ1) is 13.6. The Labute approximate surface area is 163 Å². The van der Waals surface area contributed by atoms with Crippen molar-refractivity contribution in [2.24, 2.45) is 0 Å². The number of thiazole rings is 1. The molecule has 0 aliphatic carbocycles. The molecule has 0 fully saturated rings. The third-order valence-electron chi connectivity index (χ3n) is 5.05. The number of amides is 1. The summed E-state index contributed by atoms with van der Waals surface area (Å²) in [6, 6.07) is 2.72. The zero-order chi connectivity index (χ0) is 19.3. The summed E-state index contributed by atoms with van der Waals surface area (Å²) in [5.41, 5.74) is 2.44. The number of anilines is 1. The van der Waals surface area contributed by atoms with Gasteiger partial charge in [0.25, 0.3) is 5.91 Å². The highest BCUT2D eigenvalue weighted by atomic mass is 32.1. The highest BCUT2D eigenvalue weighted by Crippen LogP contribution is 2.29. The van der Waals surface area contributed by atoms with E-state index in [2.05, 4.69) is 25.0 Å². The van der Waals surface area contributed by atoms with Crippen LogP contribution in [-0.4, -0.2) is 30.2 Å². The molecule has 0 saturated carbocycles. The maximum absolute atomic E-state index is 14.5. The molecule has 0 radical (unpaired) electrons. The van der Waals surface area contributed by atoms with Crippen LogP contribution in [0.25, 0.3) is 10.9 Å². The molecule has 1 aliphatic rings. The van der Waals surface area contributed by atoms with Gasteiger partial charge in [-0.1, -0.05) is 12.1 Å². The predicted molar refractivity (Wildman–Crippen MR) is 104 cm³/mol. The van der Waals surface area contributed by atoms with Crippen molar-refractivity contribution in [3.05, 3.63) is 59.0 Å². The van der Waals surface area contributed by atoms with Crippen LogP contribution >= 0.6 is 11.3 Å². The fourth-order valence-corrected chi connectivity index (χ4v) is 4.20. The van der Waals surface area contributed by atoms with Crippen LogP contribution in [0, 0.1) is 12.7 Å². The third kappa shape index (κ3) is 2.70. The number of hydrogen-bond donors (Lipinski definition) is 1. The topological polar surface area (TPSA) is 77.6 Å². The fraction of sp³-hybridized carbons (Fsp3) is 0.263. The number of rotatable bonds is 4. The van der Waals surface area contributed by atoms with Crippen molar-refractivity contribution in [2.45, 2.75) is 32.4 Å². The number of aromatic nitrogens is 5. The van der Waals surface area contributed by atoms with Crippen LogP contribution in [0.2, 0.25) is 0 Å². The second-order valence-corrected chi connectivity index (χ2v) is 7.74. The van der Waals surface area contributed by atoms with Crippen molar-refractivity contribution in [1.82, 2.24) is 24.3 Å². The Morgan fingerprint density at radius 3 is 3.07 bits per heavy atom. The molecule has 9 heteroatoms. The SMILES string of the molecule is Cc1ccc2cn(C(C(=O)Nc3nccs3)c3ncn4c3CCC4)nc2c1F.